The highest BCUT2D eigenvalue weighted by molar-refractivity contribution is 7.99. The fourth-order valence-corrected chi connectivity index (χ4v) is 13.0. The minimum Gasteiger partial charge on any atom is -0.478 e. The maximum atomic E-state index is 15.0. The van der Waals surface area contributed by atoms with Gasteiger partial charge >= 0.3 is 13.5 Å². The Bertz CT molecular complexity index is 2800. The summed E-state index contributed by atoms with van der Waals surface area (Å²) in [5, 5.41) is 27.5. The van der Waals surface area contributed by atoms with Crippen molar-refractivity contribution in [2.24, 2.45) is 0 Å². The van der Waals surface area contributed by atoms with Crippen molar-refractivity contribution in [1.29, 1.82) is 0 Å². The van der Waals surface area contributed by atoms with Gasteiger partial charge in [-0.05, 0) is 139 Å². The number of hydrogen-bond acceptors (Lipinski definition) is 10. The second kappa shape index (κ2) is 20.9. The summed E-state index contributed by atoms with van der Waals surface area (Å²) in [6.07, 6.45) is 0.407. The summed E-state index contributed by atoms with van der Waals surface area (Å²) in [6.45, 7) is 12.0. The minimum absolute atomic E-state index is 0.0191. The first-order chi connectivity index (χ1) is 32.6. The molecule has 0 radical (unpaired) electrons. The summed E-state index contributed by atoms with van der Waals surface area (Å²) < 4.78 is 25.0. The number of aromatic nitrogens is 1. The predicted octanol–water partition coefficient (Wildman–Crippen LogP) is 11.6. The van der Waals surface area contributed by atoms with Crippen molar-refractivity contribution < 1.29 is 23.9 Å². The molecule has 3 atom stereocenters. The number of anilines is 4. The highest BCUT2D eigenvalue weighted by Crippen LogP contribution is 2.58. The van der Waals surface area contributed by atoms with Gasteiger partial charge in [0.05, 0.1) is 34.1 Å². The number of halogens is 1. The summed E-state index contributed by atoms with van der Waals surface area (Å²) in [5.74, 6) is -0.256. The highest BCUT2D eigenvalue weighted by Gasteiger charge is 2.44. The number of nitrogens with one attached hydrogen (secondary N) is 1. The molecule has 1 aromatic heterocycles. The minimum atomic E-state index is -3.73. The zero-order valence-corrected chi connectivity index (χ0v) is 41.8. The van der Waals surface area contributed by atoms with Gasteiger partial charge in [0.2, 0.25) is 0 Å². The molecule has 0 saturated carbocycles. The number of benzene rings is 5. The van der Waals surface area contributed by atoms with Gasteiger partial charge in [-0.25, -0.2) is 4.79 Å². The topological polar surface area (TPSA) is 137 Å². The molecule has 3 heterocycles. The van der Waals surface area contributed by atoms with E-state index in [2.05, 4.69) is 62.7 Å². The van der Waals surface area contributed by atoms with Crippen molar-refractivity contribution in [3.63, 3.8) is 0 Å². The van der Waals surface area contributed by atoms with Crippen LogP contribution in [0.25, 0.3) is 22.4 Å². The van der Waals surface area contributed by atoms with Gasteiger partial charge in [-0.3, -0.25) is 19.3 Å². The molecule has 0 spiro atoms. The van der Waals surface area contributed by atoms with E-state index in [9.17, 15) is 24.6 Å². The van der Waals surface area contributed by atoms with Gasteiger partial charge < -0.3 is 34.2 Å². The van der Waals surface area contributed by atoms with E-state index in [0.717, 1.165) is 72.2 Å². The van der Waals surface area contributed by atoms with Crippen LogP contribution in [0.5, 0.6) is 0 Å². The fourth-order valence-electron chi connectivity index (χ4n) is 9.36. The van der Waals surface area contributed by atoms with Gasteiger partial charge in [-0.2, -0.15) is 0 Å². The Balaban J connectivity index is 0.979. The lowest BCUT2D eigenvalue weighted by molar-refractivity contribution is -0.383. The maximum absolute atomic E-state index is 15.0. The second-order valence-corrected chi connectivity index (χ2v) is 21.8. The fraction of sp³-hybridized carbons (Fsp3) is 0.327. The molecule has 2 fully saturated rings. The third kappa shape index (κ3) is 10.4. The van der Waals surface area contributed by atoms with E-state index in [-0.39, 0.29) is 29.2 Å². The molecule has 0 amide bonds. The molecule has 2 aliphatic rings. The molecular weight excluding hydrogens is 917 g/mol. The van der Waals surface area contributed by atoms with Gasteiger partial charge in [0.25, 0.3) is 5.69 Å². The number of nitro groups is 1. The van der Waals surface area contributed by atoms with Gasteiger partial charge in [0.1, 0.15) is 5.69 Å². The standard InChI is InChI=1S/C52H59ClN7O6PS/c1-35(2)59-37(4)49(52(61)62)50(51(59)38-15-17-40(53)18-16-38)39-11-10-12-44(31-39)57-29-27-56(28-30-57)42-19-21-43(22-20-42)58-33-36(3)66-67(58,65)45-23-24-47(48(32-45)60(63)64)54-41(25-26-55(5)6)34-68-46-13-8-7-9-14-46/h7-24,31-32,35-36,41,54H,25-30,33-34H2,1-6H3,(H,61,62)/t36-,41-,67?/m1/s1. The van der Waals surface area contributed by atoms with Gasteiger partial charge in [0, 0.05) is 88.3 Å². The molecule has 6 aromatic rings. The summed E-state index contributed by atoms with van der Waals surface area (Å²) in [6, 6.07) is 38.5. The van der Waals surface area contributed by atoms with E-state index < -0.39 is 18.4 Å². The molecule has 8 rings (SSSR count). The van der Waals surface area contributed by atoms with Crippen LogP contribution in [0.1, 0.15) is 49.3 Å². The third-order valence-electron chi connectivity index (χ3n) is 12.6. The van der Waals surface area contributed by atoms with Crippen LogP contribution in [0.4, 0.5) is 28.4 Å². The zero-order valence-electron chi connectivity index (χ0n) is 39.3. The SMILES string of the molecule is Cc1c(C(=O)O)c(-c2cccc(N3CCN(c4ccc(N5C[C@@H](C)OP5(=O)c5ccc(N[C@H](CCN(C)C)CSc6ccccc6)c([N+](=O)[O-])c5)cc4)CC3)c2)c(-c2ccc(Cl)cc2)n1C(C)C. The molecule has 2 aliphatic heterocycles. The van der Waals surface area contributed by atoms with E-state index in [0.29, 0.717) is 45.5 Å². The molecule has 1 unspecified atom stereocenters. The monoisotopic (exact) mass is 975 g/mol. The summed E-state index contributed by atoms with van der Waals surface area (Å²) in [4.78, 5) is 33.0. The van der Waals surface area contributed by atoms with Crippen LogP contribution in [0.3, 0.4) is 0 Å². The second-order valence-electron chi connectivity index (χ2n) is 18.0. The van der Waals surface area contributed by atoms with Crippen molar-refractivity contribution in [3.8, 4) is 22.4 Å². The van der Waals surface area contributed by atoms with Crippen LogP contribution in [-0.2, 0) is 9.09 Å². The van der Waals surface area contributed by atoms with Gasteiger partial charge in [0.15, 0.2) is 0 Å². The Kier molecular flexibility index (Phi) is 14.9. The summed E-state index contributed by atoms with van der Waals surface area (Å²) in [5.41, 5.74) is 7.25. The van der Waals surface area contributed by atoms with E-state index in [4.69, 9.17) is 16.1 Å². The van der Waals surface area contributed by atoms with Gasteiger partial charge in [-0.15, -0.1) is 11.8 Å². The molecule has 68 heavy (non-hydrogen) atoms. The summed E-state index contributed by atoms with van der Waals surface area (Å²) >= 11 is 7.98. The lowest BCUT2D eigenvalue weighted by Crippen LogP contribution is -2.46. The molecule has 5 aromatic carbocycles. The molecule has 13 nitrogen and oxygen atoms in total. The number of carboxylic acid groups (broad SMARTS) is 1. The van der Waals surface area contributed by atoms with Crippen LogP contribution in [0.2, 0.25) is 5.02 Å². The number of carbonyl (C=O) groups is 1. The Morgan fingerprint density at radius 1 is 0.897 bits per heavy atom. The molecule has 0 bridgehead atoms. The summed E-state index contributed by atoms with van der Waals surface area (Å²) in [7, 11) is 0.285. The Morgan fingerprint density at radius 3 is 2.19 bits per heavy atom. The van der Waals surface area contributed by atoms with E-state index in [1.807, 2.05) is 107 Å². The van der Waals surface area contributed by atoms with Crippen LogP contribution < -0.4 is 25.1 Å². The first-order valence-corrected chi connectivity index (χ1v) is 25.9. The lowest BCUT2D eigenvalue weighted by atomic mass is 9.96. The van der Waals surface area contributed by atoms with Crippen molar-refractivity contribution in [2.45, 2.75) is 57.2 Å². The molecule has 356 valence electrons. The number of nitro benzene ring substituents is 1. The van der Waals surface area contributed by atoms with Crippen molar-refractivity contribution in [3.05, 3.63) is 148 Å². The number of carboxylic acids is 1. The van der Waals surface area contributed by atoms with Crippen LogP contribution in [0.15, 0.2) is 126 Å². The first kappa shape index (κ1) is 48.7. The normalized spacial score (nSPS) is 17.8. The quantitative estimate of drug-likeness (QED) is 0.0390. The Labute approximate surface area is 408 Å². The van der Waals surface area contributed by atoms with Crippen LogP contribution >= 0.6 is 30.9 Å². The Morgan fingerprint density at radius 2 is 1.56 bits per heavy atom. The van der Waals surface area contributed by atoms with Gasteiger partial charge in [-0.1, -0.05) is 54.1 Å². The molecule has 2 N–H and O–H groups in total. The van der Waals surface area contributed by atoms with Crippen molar-refractivity contribution >= 4 is 70.6 Å². The molecule has 2 saturated heterocycles. The smallest absolute Gasteiger partial charge is 0.338 e. The Hall–Kier alpha value is -5.76. The first-order valence-electron chi connectivity index (χ1n) is 23.0. The number of hydrogen-bond donors (Lipinski definition) is 2. The van der Waals surface area contributed by atoms with E-state index >= 15 is 0 Å². The zero-order chi connectivity index (χ0) is 48.3. The maximum Gasteiger partial charge on any atom is 0.338 e. The third-order valence-corrected chi connectivity index (χ3v) is 16.7. The lowest BCUT2D eigenvalue weighted by Gasteiger charge is -2.37. The molecular formula is C52H59ClN7O6PS. The van der Waals surface area contributed by atoms with Crippen molar-refractivity contribution in [2.75, 3.05) is 78.9 Å². The van der Waals surface area contributed by atoms with Crippen molar-refractivity contribution in [1.82, 2.24) is 9.47 Å². The van der Waals surface area contributed by atoms with Crippen LogP contribution in [-0.4, -0.2) is 96.7 Å². The largest absolute Gasteiger partial charge is 0.478 e. The number of nitrogens with zero attached hydrogens (tertiary/aromatic N) is 6. The molecule has 0 aliphatic carbocycles. The number of aromatic carboxylic acids is 1. The number of piperazine rings is 1. The predicted molar refractivity (Wildman–Crippen MR) is 279 cm³/mol. The molecule has 16 heteroatoms. The average molecular weight is 977 g/mol. The average Bonchev–Trinajstić information content (AvgIpc) is 3.83. The van der Waals surface area contributed by atoms with E-state index in [1.165, 1.54) is 6.07 Å². The highest BCUT2D eigenvalue weighted by atomic mass is 35.5. The number of thioether (sulfide) groups is 1. The van der Waals surface area contributed by atoms with Crippen LogP contribution in [0, 0.1) is 17.0 Å². The van der Waals surface area contributed by atoms with E-state index in [1.54, 1.807) is 28.6 Å². The number of rotatable bonds is 17.